The number of benzene rings is 1. The van der Waals surface area contributed by atoms with Gasteiger partial charge < -0.3 is 4.90 Å². The Morgan fingerprint density at radius 1 is 1.36 bits per heavy atom. The van der Waals surface area contributed by atoms with Gasteiger partial charge in [0.2, 0.25) is 0 Å². The first-order chi connectivity index (χ1) is 11.9. The standard InChI is InChI=1S/C16H18F2N6O/c1-10-9-24(16(25)19-15-20-21-22-23(15)2)6-5-12(10)7-11-3-4-13(17)14(18)8-11/h3-4,7-8,10H,5-6,9H2,1-2H3,(H,19,20,22,25). The molecule has 9 heteroatoms. The van der Waals surface area contributed by atoms with Gasteiger partial charge in [0.05, 0.1) is 0 Å². The number of urea groups is 1. The van der Waals surface area contributed by atoms with E-state index in [-0.39, 0.29) is 17.9 Å². The van der Waals surface area contributed by atoms with E-state index in [1.807, 2.05) is 13.0 Å². The number of likely N-dealkylation sites (tertiary alicyclic amines) is 1. The minimum Gasteiger partial charge on any atom is -0.324 e. The fraction of sp³-hybridized carbons (Fsp3) is 0.375. The van der Waals surface area contributed by atoms with Crippen LogP contribution in [-0.4, -0.2) is 44.2 Å². The summed E-state index contributed by atoms with van der Waals surface area (Å²) in [4.78, 5) is 14.0. The first kappa shape index (κ1) is 17.0. The summed E-state index contributed by atoms with van der Waals surface area (Å²) in [5, 5.41) is 13.5. The van der Waals surface area contributed by atoms with E-state index in [0.717, 1.165) is 11.6 Å². The van der Waals surface area contributed by atoms with Gasteiger partial charge in [-0.15, -0.1) is 0 Å². The number of halogens is 2. The van der Waals surface area contributed by atoms with Crippen molar-refractivity contribution in [2.45, 2.75) is 13.3 Å². The van der Waals surface area contributed by atoms with E-state index in [2.05, 4.69) is 20.8 Å². The number of hydrogen-bond donors (Lipinski definition) is 1. The summed E-state index contributed by atoms with van der Waals surface area (Å²) in [5.41, 5.74) is 1.71. The van der Waals surface area contributed by atoms with Gasteiger partial charge in [0.25, 0.3) is 5.95 Å². The number of carbonyl (C=O) groups is 1. The molecule has 1 aromatic heterocycles. The molecule has 2 amide bonds. The molecule has 1 aliphatic heterocycles. The van der Waals surface area contributed by atoms with E-state index < -0.39 is 11.6 Å². The van der Waals surface area contributed by atoms with Crippen molar-refractivity contribution in [3.05, 3.63) is 41.0 Å². The Labute approximate surface area is 143 Å². The zero-order valence-corrected chi connectivity index (χ0v) is 13.9. The van der Waals surface area contributed by atoms with Crippen molar-refractivity contribution in [3.8, 4) is 0 Å². The lowest BCUT2D eigenvalue weighted by Gasteiger charge is -2.33. The van der Waals surface area contributed by atoms with Crippen molar-refractivity contribution in [2.24, 2.45) is 13.0 Å². The van der Waals surface area contributed by atoms with Gasteiger partial charge >= 0.3 is 6.03 Å². The van der Waals surface area contributed by atoms with E-state index in [1.165, 1.54) is 16.8 Å². The molecular formula is C16H18F2N6O. The zero-order valence-electron chi connectivity index (χ0n) is 13.9. The summed E-state index contributed by atoms with van der Waals surface area (Å²) < 4.78 is 27.7. The highest BCUT2D eigenvalue weighted by Gasteiger charge is 2.25. The van der Waals surface area contributed by atoms with E-state index in [4.69, 9.17) is 0 Å². The summed E-state index contributed by atoms with van der Waals surface area (Å²) >= 11 is 0. The number of anilines is 1. The third-order valence-corrected chi connectivity index (χ3v) is 4.22. The van der Waals surface area contributed by atoms with Crippen LogP contribution >= 0.6 is 0 Å². The third-order valence-electron chi connectivity index (χ3n) is 4.22. The first-order valence-electron chi connectivity index (χ1n) is 7.88. The van der Waals surface area contributed by atoms with E-state index >= 15 is 0 Å². The maximum atomic E-state index is 13.3. The van der Waals surface area contributed by atoms with Crippen molar-refractivity contribution in [1.82, 2.24) is 25.1 Å². The lowest BCUT2D eigenvalue weighted by Crippen LogP contribution is -2.42. The molecule has 3 rings (SSSR count). The third kappa shape index (κ3) is 3.81. The second kappa shape index (κ2) is 6.96. The molecule has 132 valence electrons. The highest BCUT2D eigenvalue weighted by Crippen LogP contribution is 2.25. The summed E-state index contributed by atoms with van der Waals surface area (Å²) in [5.74, 6) is -1.35. The fourth-order valence-corrected chi connectivity index (χ4v) is 2.77. The van der Waals surface area contributed by atoms with Crippen LogP contribution in [0.15, 0.2) is 23.8 Å². The number of amides is 2. The number of aromatic nitrogens is 4. The Kier molecular flexibility index (Phi) is 4.73. The van der Waals surface area contributed by atoms with Crippen LogP contribution in [0, 0.1) is 17.6 Å². The van der Waals surface area contributed by atoms with Crippen molar-refractivity contribution in [3.63, 3.8) is 0 Å². The fourth-order valence-electron chi connectivity index (χ4n) is 2.77. The van der Waals surface area contributed by atoms with Crippen molar-refractivity contribution in [1.29, 1.82) is 0 Å². The van der Waals surface area contributed by atoms with Crippen LogP contribution in [0.1, 0.15) is 18.9 Å². The number of nitrogens with zero attached hydrogens (tertiary/aromatic N) is 5. The van der Waals surface area contributed by atoms with Gasteiger partial charge in [-0.1, -0.05) is 29.7 Å². The number of carbonyl (C=O) groups excluding carboxylic acids is 1. The Bertz CT molecular complexity index is 819. The number of aryl methyl sites for hydroxylation is 1. The molecule has 1 aliphatic rings. The van der Waals surface area contributed by atoms with Crippen molar-refractivity contribution < 1.29 is 13.6 Å². The molecule has 2 aromatic rings. The zero-order chi connectivity index (χ0) is 18.0. The minimum atomic E-state index is -0.865. The molecule has 1 atom stereocenters. The van der Waals surface area contributed by atoms with Crippen molar-refractivity contribution in [2.75, 3.05) is 18.4 Å². The van der Waals surface area contributed by atoms with Crippen LogP contribution < -0.4 is 5.32 Å². The summed E-state index contributed by atoms with van der Waals surface area (Å²) in [7, 11) is 1.64. The molecule has 1 saturated heterocycles. The Balaban J connectivity index is 1.65. The summed E-state index contributed by atoms with van der Waals surface area (Å²) in [6.07, 6.45) is 2.51. The van der Waals surface area contributed by atoms with Crippen LogP contribution in [0.25, 0.3) is 6.08 Å². The molecule has 1 unspecified atom stereocenters. The molecular weight excluding hydrogens is 330 g/mol. The topological polar surface area (TPSA) is 75.9 Å². The second-order valence-corrected chi connectivity index (χ2v) is 6.05. The summed E-state index contributed by atoms with van der Waals surface area (Å²) in [6, 6.07) is 3.56. The minimum absolute atomic E-state index is 0.102. The highest BCUT2D eigenvalue weighted by atomic mass is 19.2. The Morgan fingerprint density at radius 3 is 2.80 bits per heavy atom. The molecule has 1 aromatic carbocycles. The van der Waals surface area contributed by atoms with Gasteiger partial charge in [0.15, 0.2) is 11.6 Å². The van der Waals surface area contributed by atoms with Crippen LogP contribution in [0.5, 0.6) is 0 Å². The summed E-state index contributed by atoms with van der Waals surface area (Å²) in [6.45, 7) is 3.04. The van der Waals surface area contributed by atoms with Gasteiger partial charge in [-0.3, -0.25) is 5.32 Å². The maximum absolute atomic E-state index is 13.3. The van der Waals surface area contributed by atoms with Crippen molar-refractivity contribution >= 4 is 18.1 Å². The van der Waals surface area contributed by atoms with E-state index in [0.29, 0.717) is 25.1 Å². The molecule has 2 heterocycles. The average Bonchev–Trinajstić information content (AvgIpc) is 2.97. The maximum Gasteiger partial charge on any atom is 0.324 e. The first-order valence-corrected chi connectivity index (χ1v) is 7.88. The molecule has 7 nitrogen and oxygen atoms in total. The Hall–Kier alpha value is -2.84. The number of piperidine rings is 1. The van der Waals surface area contributed by atoms with Gasteiger partial charge in [-0.25, -0.2) is 18.3 Å². The largest absolute Gasteiger partial charge is 0.324 e. The Morgan fingerprint density at radius 2 is 2.16 bits per heavy atom. The number of tetrazole rings is 1. The molecule has 0 bridgehead atoms. The lowest BCUT2D eigenvalue weighted by atomic mass is 9.91. The monoisotopic (exact) mass is 348 g/mol. The predicted molar refractivity (Wildman–Crippen MR) is 87.5 cm³/mol. The smallest absolute Gasteiger partial charge is 0.324 e. The molecule has 0 saturated carbocycles. The van der Waals surface area contributed by atoms with Gasteiger partial charge in [-0.05, 0) is 40.5 Å². The number of rotatable bonds is 2. The van der Waals surface area contributed by atoms with Crippen LogP contribution in [-0.2, 0) is 7.05 Å². The molecule has 0 radical (unpaired) electrons. The molecule has 0 aliphatic carbocycles. The normalized spacial score (nSPS) is 19.3. The SMILES string of the molecule is CC1CN(C(=O)Nc2nnnn2C)CCC1=Cc1ccc(F)c(F)c1. The molecule has 0 spiro atoms. The van der Waals surface area contributed by atoms with Gasteiger partial charge in [0.1, 0.15) is 0 Å². The number of hydrogen-bond acceptors (Lipinski definition) is 4. The van der Waals surface area contributed by atoms with E-state index in [1.54, 1.807) is 11.9 Å². The van der Waals surface area contributed by atoms with Gasteiger partial charge in [0, 0.05) is 20.1 Å². The molecule has 25 heavy (non-hydrogen) atoms. The quantitative estimate of drug-likeness (QED) is 0.904. The van der Waals surface area contributed by atoms with Crippen LogP contribution in [0.3, 0.4) is 0 Å². The van der Waals surface area contributed by atoms with E-state index in [9.17, 15) is 13.6 Å². The number of nitrogens with one attached hydrogen (secondary N) is 1. The van der Waals surface area contributed by atoms with Crippen LogP contribution in [0.4, 0.5) is 19.5 Å². The molecule has 1 fully saturated rings. The molecule has 1 N–H and O–H groups in total. The average molecular weight is 348 g/mol. The van der Waals surface area contributed by atoms with Gasteiger partial charge in [-0.2, -0.15) is 0 Å². The predicted octanol–water partition coefficient (Wildman–Crippen LogP) is 2.45. The second-order valence-electron chi connectivity index (χ2n) is 6.05. The van der Waals surface area contributed by atoms with Crippen LogP contribution in [0.2, 0.25) is 0 Å². The lowest BCUT2D eigenvalue weighted by molar-refractivity contribution is 0.197. The highest BCUT2D eigenvalue weighted by molar-refractivity contribution is 5.87.